The van der Waals surface area contributed by atoms with Gasteiger partial charge in [-0.2, -0.15) is 0 Å². The molecule has 2 rings (SSSR count). The Labute approximate surface area is 83.1 Å². The van der Waals surface area contributed by atoms with Crippen molar-refractivity contribution in [3.05, 3.63) is 46.6 Å². The fourth-order valence-electron chi connectivity index (χ4n) is 1.08. The largest absolute Gasteiger partial charge is 0.455 e. The quantitative estimate of drug-likeness (QED) is 0.756. The van der Waals surface area contributed by atoms with E-state index in [-0.39, 0.29) is 5.82 Å². The van der Waals surface area contributed by atoms with Crippen molar-refractivity contribution in [1.82, 2.24) is 0 Å². The topological polar surface area (TPSA) is 18.5 Å². The SMILES string of the molecule is Fc1cc(Br)ccc1C1OC=CO1. The molecular formula is C9H6BrFO2. The summed E-state index contributed by atoms with van der Waals surface area (Å²) in [6.07, 6.45) is 2.14. The van der Waals surface area contributed by atoms with Crippen LogP contribution in [0.2, 0.25) is 0 Å². The van der Waals surface area contributed by atoms with Crippen molar-refractivity contribution in [2.24, 2.45) is 0 Å². The zero-order valence-corrected chi connectivity index (χ0v) is 8.12. The Morgan fingerprint density at radius 2 is 1.92 bits per heavy atom. The van der Waals surface area contributed by atoms with Crippen LogP contribution in [0.15, 0.2) is 35.2 Å². The third-order valence-corrected chi connectivity index (χ3v) is 2.17. The first-order valence-electron chi connectivity index (χ1n) is 3.68. The molecule has 0 radical (unpaired) electrons. The Bertz CT molecular complexity index is 343. The van der Waals surface area contributed by atoms with Gasteiger partial charge in [-0.3, -0.25) is 0 Å². The van der Waals surface area contributed by atoms with Crippen molar-refractivity contribution in [2.45, 2.75) is 6.29 Å². The van der Waals surface area contributed by atoms with Gasteiger partial charge in [-0.1, -0.05) is 15.9 Å². The van der Waals surface area contributed by atoms with Gasteiger partial charge in [0.25, 0.3) is 6.29 Å². The summed E-state index contributed by atoms with van der Waals surface area (Å²) in [5.74, 6) is -0.344. The van der Waals surface area contributed by atoms with Crippen molar-refractivity contribution >= 4 is 15.9 Å². The number of rotatable bonds is 1. The molecule has 0 spiro atoms. The molecule has 1 heterocycles. The van der Waals surface area contributed by atoms with E-state index in [1.54, 1.807) is 12.1 Å². The Balaban J connectivity index is 2.30. The molecular weight excluding hydrogens is 239 g/mol. The lowest BCUT2D eigenvalue weighted by molar-refractivity contribution is -0.0271. The highest BCUT2D eigenvalue weighted by atomic mass is 79.9. The molecule has 0 saturated heterocycles. The molecule has 0 unspecified atom stereocenters. The lowest BCUT2D eigenvalue weighted by Crippen LogP contribution is -2.00. The molecule has 0 N–H and O–H groups in total. The summed E-state index contributed by atoms with van der Waals surface area (Å²) in [6, 6.07) is 4.74. The van der Waals surface area contributed by atoms with E-state index in [2.05, 4.69) is 15.9 Å². The second-order valence-corrected chi connectivity index (χ2v) is 3.46. The first-order valence-corrected chi connectivity index (χ1v) is 4.47. The Kier molecular flexibility index (Phi) is 2.22. The summed E-state index contributed by atoms with van der Waals surface area (Å²) in [5.41, 5.74) is 0.396. The van der Waals surface area contributed by atoms with Gasteiger partial charge in [0.15, 0.2) is 0 Å². The van der Waals surface area contributed by atoms with Crippen LogP contribution in [-0.4, -0.2) is 0 Å². The van der Waals surface area contributed by atoms with Crippen LogP contribution in [0, 0.1) is 5.82 Å². The summed E-state index contributed by atoms with van der Waals surface area (Å²) in [6.45, 7) is 0. The normalized spacial score (nSPS) is 15.5. The van der Waals surface area contributed by atoms with E-state index in [0.717, 1.165) is 0 Å². The smallest absolute Gasteiger partial charge is 0.269 e. The molecule has 1 aromatic carbocycles. The highest BCUT2D eigenvalue weighted by molar-refractivity contribution is 9.10. The van der Waals surface area contributed by atoms with Crippen LogP contribution in [0.1, 0.15) is 11.9 Å². The van der Waals surface area contributed by atoms with E-state index in [9.17, 15) is 4.39 Å². The van der Waals surface area contributed by atoms with Gasteiger partial charge in [-0.15, -0.1) is 0 Å². The van der Waals surface area contributed by atoms with E-state index in [0.29, 0.717) is 10.0 Å². The van der Waals surface area contributed by atoms with Crippen molar-refractivity contribution in [2.75, 3.05) is 0 Å². The van der Waals surface area contributed by atoms with Gasteiger partial charge in [0.2, 0.25) is 0 Å². The minimum absolute atomic E-state index is 0.344. The Hall–Kier alpha value is -1.03. The summed E-state index contributed by atoms with van der Waals surface area (Å²) in [4.78, 5) is 0. The third-order valence-electron chi connectivity index (χ3n) is 1.68. The van der Waals surface area contributed by atoms with Gasteiger partial charge in [0.1, 0.15) is 18.3 Å². The minimum atomic E-state index is -0.645. The van der Waals surface area contributed by atoms with E-state index < -0.39 is 6.29 Å². The molecule has 68 valence electrons. The summed E-state index contributed by atoms with van der Waals surface area (Å²) in [7, 11) is 0. The van der Waals surface area contributed by atoms with Gasteiger partial charge in [-0.25, -0.2) is 4.39 Å². The summed E-state index contributed by atoms with van der Waals surface area (Å²) in [5, 5.41) is 0. The van der Waals surface area contributed by atoms with Crippen molar-refractivity contribution in [3.63, 3.8) is 0 Å². The van der Waals surface area contributed by atoms with E-state index in [1.807, 2.05) is 0 Å². The highest BCUT2D eigenvalue weighted by Gasteiger charge is 2.19. The number of halogens is 2. The molecule has 0 bridgehead atoms. The first kappa shape index (κ1) is 8.56. The van der Waals surface area contributed by atoms with Gasteiger partial charge >= 0.3 is 0 Å². The fraction of sp³-hybridized carbons (Fsp3) is 0.111. The molecule has 13 heavy (non-hydrogen) atoms. The maximum Gasteiger partial charge on any atom is 0.269 e. The highest BCUT2D eigenvalue weighted by Crippen LogP contribution is 2.27. The van der Waals surface area contributed by atoms with Gasteiger partial charge in [0.05, 0.1) is 5.56 Å². The molecule has 0 aromatic heterocycles. The summed E-state index contributed by atoms with van der Waals surface area (Å²) < 4.78 is 24.0. The fourth-order valence-corrected chi connectivity index (χ4v) is 1.41. The van der Waals surface area contributed by atoms with Crippen LogP contribution < -0.4 is 0 Å². The molecule has 4 heteroatoms. The molecule has 0 amide bonds. The van der Waals surface area contributed by atoms with Crippen LogP contribution in [0.5, 0.6) is 0 Å². The molecule has 1 aliphatic rings. The second kappa shape index (κ2) is 3.38. The molecule has 2 nitrogen and oxygen atoms in total. The standard InChI is InChI=1S/C9H6BrFO2/c10-6-1-2-7(8(11)5-6)9-12-3-4-13-9/h1-5,9H. The average Bonchev–Trinajstić information content (AvgIpc) is 2.56. The number of hydrogen-bond donors (Lipinski definition) is 0. The lowest BCUT2D eigenvalue weighted by Gasteiger charge is -2.10. The van der Waals surface area contributed by atoms with E-state index >= 15 is 0 Å². The maximum absolute atomic E-state index is 13.3. The maximum atomic E-state index is 13.3. The van der Waals surface area contributed by atoms with Gasteiger partial charge in [-0.05, 0) is 18.2 Å². The van der Waals surface area contributed by atoms with E-state index in [1.165, 1.54) is 18.6 Å². The van der Waals surface area contributed by atoms with Crippen LogP contribution in [-0.2, 0) is 9.47 Å². The molecule has 0 atom stereocenters. The average molecular weight is 245 g/mol. The molecule has 0 saturated carbocycles. The number of benzene rings is 1. The van der Waals surface area contributed by atoms with E-state index in [4.69, 9.17) is 9.47 Å². The number of hydrogen-bond acceptors (Lipinski definition) is 2. The van der Waals surface area contributed by atoms with Crippen molar-refractivity contribution in [1.29, 1.82) is 0 Å². The molecule has 0 fully saturated rings. The monoisotopic (exact) mass is 244 g/mol. The number of ether oxygens (including phenoxy) is 2. The predicted octanol–water partition coefficient (Wildman–Crippen LogP) is 3.10. The lowest BCUT2D eigenvalue weighted by atomic mass is 10.2. The van der Waals surface area contributed by atoms with Crippen LogP contribution in [0.3, 0.4) is 0 Å². The molecule has 1 aliphatic heterocycles. The minimum Gasteiger partial charge on any atom is -0.455 e. The van der Waals surface area contributed by atoms with Crippen molar-refractivity contribution in [3.8, 4) is 0 Å². The second-order valence-electron chi connectivity index (χ2n) is 2.54. The Morgan fingerprint density at radius 3 is 2.54 bits per heavy atom. The zero-order valence-electron chi connectivity index (χ0n) is 6.54. The third kappa shape index (κ3) is 1.67. The van der Waals surface area contributed by atoms with Crippen LogP contribution in [0.4, 0.5) is 4.39 Å². The van der Waals surface area contributed by atoms with Crippen LogP contribution >= 0.6 is 15.9 Å². The Morgan fingerprint density at radius 1 is 1.23 bits per heavy atom. The van der Waals surface area contributed by atoms with Crippen LogP contribution in [0.25, 0.3) is 0 Å². The van der Waals surface area contributed by atoms with Gasteiger partial charge < -0.3 is 9.47 Å². The summed E-state index contributed by atoms with van der Waals surface area (Å²) >= 11 is 3.17. The first-order chi connectivity index (χ1) is 6.27. The zero-order chi connectivity index (χ0) is 9.26. The van der Waals surface area contributed by atoms with Crippen molar-refractivity contribution < 1.29 is 13.9 Å². The molecule has 1 aromatic rings. The van der Waals surface area contributed by atoms with Gasteiger partial charge in [0, 0.05) is 4.47 Å². The predicted molar refractivity (Wildman–Crippen MR) is 48.2 cm³/mol. The molecule has 0 aliphatic carbocycles.